The smallest absolute Gasteiger partial charge is 0.184 e. The molecule has 0 saturated heterocycles. The third kappa shape index (κ3) is 2.71. The lowest BCUT2D eigenvalue weighted by Gasteiger charge is -2.21. The molecule has 21 heavy (non-hydrogen) atoms. The van der Waals surface area contributed by atoms with Gasteiger partial charge in [0.2, 0.25) is 0 Å². The molecule has 0 aliphatic carbocycles. The van der Waals surface area contributed by atoms with Crippen LogP contribution < -0.4 is 5.06 Å². The normalized spacial score (nSPS) is 11.0. The van der Waals surface area contributed by atoms with Crippen molar-refractivity contribution in [2.45, 2.75) is 13.5 Å². The zero-order valence-corrected chi connectivity index (χ0v) is 12.1. The van der Waals surface area contributed by atoms with Crippen LogP contribution in [0, 0.1) is 0 Å². The van der Waals surface area contributed by atoms with Crippen molar-refractivity contribution in [3.05, 3.63) is 48.5 Å². The predicted octanol–water partition coefficient (Wildman–Crippen LogP) is 2.32. The number of rotatable bonds is 5. The summed E-state index contributed by atoms with van der Waals surface area (Å²) in [5.41, 5.74) is 2.65. The van der Waals surface area contributed by atoms with E-state index in [-0.39, 0.29) is 0 Å². The quantitative estimate of drug-likeness (QED) is 0.673. The molecule has 0 amide bonds. The third-order valence-corrected chi connectivity index (χ3v) is 3.23. The van der Waals surface area contributed by atoms with Crippen LogP contribution in [0.4, 0.5) is 5.82 Å². The second-order valence-electron chi connectivity index (χ2n) is 4.68. The van der Waals surface area contributed by atoms with Crippen LogP contribution in [0.25, 0.3) is 11.2 Å². The van der Waals surface area contributed by atoms with Crippen molar-refractivity contribution in [3.63, 3.8) is 0 Å². The van der Waals surface area contributed by atoms with Gasteiger partial charge in [-0.25, -0.2) is 20.0 Å². The van der Waals surface area contributed by atoms with Gasteiger partial charge in [0.25, 0.3) is 0 Å². The van der Waals surface area contributed by atoms with Crippen LogP contribution in [0.15, 0.2) is 43.0 Å². The van der Waals surface area contributed by atoms with Crippen LogP contribution in [-0.2, 0) is 18.5 Å². The zero-order valence-electron chi connectivity index (χ0n) is 12.1. The van der Waals surface area contributed by atoms with E-state index < -0.39 is 0 Å². The molecule has 0 bridgehead atoms. The second kappa shape index (κ2) is 5.88. The number of hydrogen-bond acceptors (Lipinski definition) is 5. The lowest BCUT2D eigenvalue weighted by Crippen LogP contribution is -2.24. The number of aromatic nitrogens is 4. The Morgan fingerprint density at radius 2 is 1.95 bits per heavy atom. The number of nitrogens with zero attached hydrogens (tertiary/aromatic N) is 5. The van der Waals surface area contributed by atoms with Gasteiger partial charge in [-0.05, 0) is 12.5 Å². The molecule has 2 heterocycles. The Bertz CT molecular complexity index is 725. The fourth-order valence-electron chi connectivity index (χ4n) is 2.14. The SMILES string of the molecule is CCN(OCc1ccccc1)c1ncnc2c1ncn2C. The summed E-state index contributed by atoms with van der Waals surface area (Å²) in [4.78, 5) is 18.8. The van der Waals surface area contributed by atoms with E-state index in [4.69, 9.17) is 4.84 Å². The molecule has 0 aliphatic heterocycles. The Hall–Kier alpha value is -2.47. The molecule has 3 aromatic rings. The number of fused-ring (bicyclic) bond motifs is 1. The molecule has 6 heteroatoms. The Kier molecular flexibility index (Phi) is 3.79. The average molecular weight is 283 g/mol. The van der Waals surface area contributed by atoms with Crippen molar-refractivity contribution in [2.75, 3.05) is 11.6 Å². The minimum absolute atomic E-state index is 0.493. The number of anilines is 1. The molecular formula is C15H17N5O. The maximum Gasteiger partial charge on any atom is 0.184 e. The van der Waals surface area contributed by atoms with Gasteiger partial charge in [0.1, 0.15) is 6.33 Å². The summed E-state index contributed by atoms with van der Waals surface area (Å²) in [5, 5.41) is 1.75. The summed E-state index contributed by atoms with van der Waals surface area (Å²) >= 11 is 0. The number of benzene rings is 1. The summed E-state index contributed by atoms with van der Waals surface area (Å²) < 4.78 is 1.87. The zero-order chi connectivity index (χ0) is 14.7. The first-order valence-electron chi connectivity index (χ1n) is 6.86. The van der Waals surface area contributed by atoms with Crippen LogP contribution in [0.3, 0.4) is 0 Å². The first-order chi connectivity index (χ1) is 10.3. The molecule has 0 unspecified atom stereocenters. The van der Waals surface area contributed by atoms with Gasteiger partial charge in [-0.15, -0.1) is 0 Å². The van der Waals surface area contributed by atoms with E-state index in [1.807, 2.05) is 48.9 Å². The molecule has 0 N–H and O–H groups in total. The van der Waals surface area contributed by atoms with Gasteiger partial charge in [-0.3, -0.25) is 4.84 Å². The molecule has 3 rings (SSSR count). The average Bonchev–Trinajstić information content (AvgIpc) is 2.91. The molecule has 0 aliphatic rings. The Balaban J connectivity index is 1.85. The standard InChI is InChI=1S/C15H17N5O/c1-3-20(21-9-12-7-5-4-6-8-12)15-13-14(16-10-17-15)19(2)11-18-13/h4-8,10-11H,3,9H2,1-2H3. The van der Waals surface area contributed by atoms with Gasteiger partial charge in [-0.2, -0.15) is 0 Å². The minimum atomic E-state index is 0.493. The molecular weight excluding hydrogens is 266 g/mol. The van der Waals surface area contributed by atoms with E-state index in [1.54, 1.807) is 11.4 Å². The van der Waals surface area contributed by atoms with Gasteiger partial charge >= 0.3 is 0 Å². The highest BCUT2D eigenvalue weighted by atomic mass is 16.7. The summed E-state index contributed by atoms with van der Waals surface area (Å²) in [6.45, 7) is 3.18. The lowest BCUT2D eigenvalue weighted by molar-refractivity contribution is 0.0960. The molecule has 2 aromatic heterocycles. The molecule has 0 radical (unpaired) electrons. The Labute approximate surface area is 123 Å². The van der Waals surface area contributed by atoms with E-state index >= 15 is 0 Å². The monoisotopic (exact) mass is 283 g/mol. The summed E-state index contributed by atoms with van der Waals surface area (Å²) in [7, 11) is 1.91. The topological polar surface area (TPSA) is 56.1 Å². The molecule has 0 fully saturated rings. The van der Waals surface area contributed by atoms with Gasteiger partial charge in [0.05, 0.1) is 12.9 Å². The van der Waals surface area contributed by atoms with Crippen LogP contribution in [-0.4, -0.2) is 26.1 Å². The highest BCUT2D eigenvalue weighted by Gasteiger charge is 2.14. The maximum atomic E-state index is 5.87. The van der Waals surface area contributed by atoms with Gasteiger partial charge in [-0.1, -0.05) is 30.3 Å². The van der Waals surface area contributed by atoms with Crippen LogP contribution in [0.5, 0.6) is 0 Å². The van der Waals surface area contributed by atoms with E-state index in [0.29, 0.717) is 19.0 Å². The summed E-state index contributed by atoms with van der Waals surface area (Å²) in [5.74, 6) is 0.694. The van der Waals surface area contributed by atoms with E-state index in [2.05, 4.69) is 15.0 Å². The largest absolute Gasteiger partial charge is 0.318 e. The fraction of sp³-hybridized carbons (Fsp3) is 0.267. The van der Waals surface area contributed by atoms with Crippen LogP contribution in [0.2, 0.25) is 0 Å². The van der Waals surface area contributed by atoms with Gasteiger partial charge in [0, 0.05) is 13.6 Å². The predicted molar refractivity (Wildman–Crippen MR) is 80.6 cm³/mol. The van der Waals surface area contributed by atoms with E-state index in [0.717, 1.165) is 16.7 Å². The van der Waals surface area contributed by atoms with Crippen molar-refractivity contribution in [2.24, 2.45) is 7.05 Å². The number of aryl methyl sites for hydroxylation is 1. The van der Waals surface area contributed by atoms with Gasteiger partial charge in [0.15, 0.2) is 17.0 Å². The molecule has 0 atom stereocenters. The maximum absolute atomic E-state index is 5.87. The Morgan fingerprint density at radius 3 is 2.71 bits per heavy atom. The third-order valence-electron chi connectivity index (χ3n) is 3.23. The van der Waals surface area contributed by atoms with Crippen molar-refractivity contribution < 1.29 is 4.84 Å². The second-order valence-corrected chi connectivity index (χ2v) is 4.68. The highest BCUT2D eigenvalue weighted by Crippen LogP contribution is 2.21. The molecule has 108 valence electrons. The number of hydrogen-bond donors (Lipinski definition) is 0. The first-order valence-corrected chi connectivity index (χ1v) is 6.86. The van der Waals surface area contributed by atoms with Crippen molar-refractivity contribution in [1.29, 1.82) is 0 Å². The van der Waals surface area contributed by atoms with Crippen LogP contribution in [0.1, 0.15) is 12.5 Å². The first kappa shape index (κ1) is 13.5. The highest BCUT2D eigenvalue weighted by molar-refractivity contribution is 5.82. The van der Waals surface area contributed by atoms with E-state index in [9.17, 15) is 0 Å². The van der Waals surface area contributed by atoms with E-state index in [1.165, 1.54) is 6.33 Å². The molecule has 0 spiro atoms. The van der Waals surface area contributed by atoms with Crippen LogP contribution >= 0.6 is 0 Å². The Morgan fingerprint density at radius 1 is 1.14 bits per heavy atom. The number of hydroxylamine groups is 1. The van der Waals surface area contributed by atoms with Crippen molar-refractivity contribution >= 4 is 17.0 Å². The number of imidazole rings is 1. The molecule has 6 nitrogen and oxygen atoms in total. The van der Waals surface area contributed by atoms with Crippen molar-refractivity contribution in [1.82, 2.24) is 19.5 Å². The minimum Gasteiger partial charge on any atom is -0.318 e. The van der Waals surface area contributed by atoms with Crippen molar-refractivity contribution in [3.8, 4) is 0 Å². The summed E-state index contributed by atoms with van der Waals surface area (Å²) in [6.07, 6.45) is 3.27. The lowest BCUT2D eigenvalue weighted by atomic mass is 10.2. The summed E-state index contributed by atoms with van der Waals surface area (Å²) in [6, 6.07) is 10.0. The molecule has 0 saturated carbocycles. The fourth-order valence-corrected chi connectivity index (χ4v) is 2.14. The van der Waals surface area contributed by atoms with Gasteiger partial charge < -0.3 is 4.57 Å². The molecule has 1 aromatic carbocycles.